The van der Waals surface area contributed by atoms with Crippen molar-refractivity contribution in [3.63, 3.8) is 0 Å². The Balaban J connectivity index is 0.000000178. The lowest BCUT2D eigenvalue weighted by atomic mass is 10.0. The Bertz CT molecular complexity index is 3470. The summed E-state index contributed by atoms with van der Waals surface area (Å²) in [5.41, 5.74) is 9.24. The molecular formula is C50H42N8O7S7. The van der Waals surface area contributed by atoms with Gasteiger partial charge in [0.05, 0.1) is 68.4 Å². The van der Waals surface area contributed by atoms with Gasteiger partial charge in [-0.3, -0.25) is 19.4 Å². The quantitative estimate of drug-likeness (QED) is 0.0252. The highest BCUT2D eigenvalue weighted by Gasteiger charge is 2.22. The first-order valence-electron chi connectivity index (χ1n) is 21.9. The number of hydrogen-bond acceptors (Lipinski definition) is 18. The van der Waals surface area contributed by atoms with Gasteiger partial charge in [0.25, 0.3) is 5.69 Å². The van der Waals surface area contributed by atoms with E-state index in [0.29, 0.717) is 12.8 Å². The fourth-order valence-electron chi connectivity index (χ4n) is 7.36. The summed E-state index contributed by atoms with van der Waals surface area (Å²) < 4.78 is 33.3. The van der Waals surface area contributed by atoms with Gasteiger partial charge in [0.2, 0.25) is 0 Å². The maximum Gasteiger partial charge on any atom is 0.357 e. The summed E-state index contributed by atoms with van der Waals surface area (Å²) >= 11 is 9.48. The van der Waals surface area contributed by atoms with E-state index in [1.807, 2.05) is 106 Å². The number of nitro benzene ring substituents is 1. The smallest absolute Gasteiger partial charge is 0.357 e. The van der Waals surface area contributed by atoms with Crippen molar-refractivity contribution in [1.82, 2.24) is 19.9 Å². The number of rotatable bonds is 19. The summed E-state index contributed by atoms with van der Waals surface area (Å²) in [4.78, 5) is 32.2. The molecule has 0 spiro atoms. The number of thiophene rings is 2. The molecule has 15 nitrogen and oxygen atoms in total. The van der Waals surface area contributed by atoms with Crippen LogP contribution < -0.4 is 15.4 Å². The van der Waals surface area contributed by atoms with Crippen LogP contribution in [0.25, 0.3) is 42.3 Å². The molecule has 0 saturated heterocycles. The zero-order chi connectivity index (χ0) is 50.0. The Labute approximate surface area is 438 Å². The molecule has 10 aromatic rings. The van der Waals surface area contributed by atoms with Crippen molar-refractivity contribution in [2.75, 3.05) is 15.4 Å². The van der Waals surface area contributed by atoms with Gasteiger partial charge in [-0.25, -0.2) is 19.9 Å². The molecule has 0 saturated carbocycles. The third-order valence-corrected chi connectivity index (χ3v) is 16.7. The number of aliphatic hydroxyl groups excluding tert-OH is 2. The summed E-state index contributed by atoms with van der Waals surface area (Å²) in [5.74, 6) is 0. The molecule has 0 aliphatic carbocycles. The number of non-ortho nitro benzene ring substituents is 1. The first kappa shape index (κ1) is 50.4. The number of nitro groups is 1. The molecule has 0 unspecified atom stereocenters. The third kappa shape index (κ3) is 13.3. The van der Waals surface area contributed by atoms with Gasteiger partial charge in [0.1, 0.15) is 10.0 Å². The number of benzene rings is 4. The molecule has 0 aliphatic heterocycles. The van der Waals surface area contributed by atoms with Crippen LogP contribution in [0.3, 0.4) is 0 Å². The zero-order valence-corrected chi connectivity index (χ0v) is 43.3. The van der Waals surface area contributed by atoms with Crippen LogP contribution in [0.1, 0.15) is 45.7 Å². The fraction of sp³-hybridized carbons (Fsp3) is 0.120. The van der Waals surface area contributed by atoms with Crippen LogP contribution in [0, 0.1) is 10.1 Å². The first-order valence-corrected chi connectivity index (χ1v) is 28.6. The maximum absolute atomic E-state index is 11.1. The van der Waals surface area contributed by atoms with E-state index in [4.69, 9.17) is 24.5 Å². The molecule has 0 radical (unpaired) electrons. The minimum Gasteiger partial charge on any atom is -0.392 e. The SMILES string of the molecule is O=S(=O)(O)Nc1ccc(C[C@H](Nc2nc(-c3cccc(CO)c3)cs2)c2csc(-c3cccs3)n2)cc1.O=[N+]([O-])c1ccc(C[C@H](Nc2nc(-c3cccc(CO)c3)cs2)c2csc(-c3cccs3)n2)cc1. The molecule has 72 heavy (non-hydrogen) atoms. The predicted octanol–water partition coefficient (Wildman–Crippen LogP) is 12.9. The van der Waals surface area contributed by atoms with Crippen LogP contribution in [0.2, 0.25) is 0 Å². The highest BCUT2D eigenvalue weighted by Crippen LogP contribution is 2.36. The lowest BCUT2D eigenvalue weighted by Crippen LogP contribution is -2.14. The van der Waals surface area contributed by atoms with Crippen molar-refractivity contribution in [2.45, 2.75) is 38.1 Å². The number of nitrogens with one attached hydrogen (secondary N) is 3. The van der Waals surface area contributed by atoms with Gasteiger partial charge < -0.3 is 20.8 Å². The molecule has 2 atom stereocenters. The number of nitrogens with zero attached hydrogens (tertiary/aromatic N) is 5. The topological polar surface area (TPSA) is 226 Å². The number of aromatic nitrogens is 4. The van der Waals surface area contributed by atoms with Gasteiger partial charge in [-0.1, -0.05) is 72.8 Å². The second-order valence-electron chi connectivity index (χ2n) is 15.9. The number of aliphatic hydroxyl groups is 2. The van der Waals surface area contributed by atoms with Crippen molar-refractivity contribution in [3.05, 3.63) is 197 Å². The van der Waals surface area contributed by atoms with Crippen molar-refractivity contribution in [2.24, 2.45) is 0 Å². The molecule has 6 aromatic heterocycles. The van der Waals surface area contributed by atoms with Crippen LogP contribution in [-0.4, -0.2) is 48.0 Å². The number of anilines is 3. The van der Waals surface area contributed by atoms with Crippen LogP contribution in [0.4, 0.5) is 21.6 Å². The largest absolute Gasteiger partial charge is 0.392 e. The van der Waals surface area contributed by atoms with Crippen LogP contribution in [-0.2, 0) is 36.4 Å². The lowest BCUT2D eigenvalue weighted by molar-refractivity contribution is -0.384. The van der Waals surface area contributed by atoms with E-state index in [1.54, 1.807) is 69.6 Å². The molecule has 0 bridgehead atoms. The average molecular weight is 1090 g/mol. The molecule has 0 aliphatic rings. The zero-order valence-electron chi connectivity index (χ0n) is 37.6. The van der Waals surface area contributed by atoms with E-state index in [-0.39, 0.29) is 36.7 Å². The van der Waals surface area contributed by atoms with Gasteiger partial charge in [0, 0.05) is 44.8 Å². The number of hydrogen-bond donors (Lipinski definition) is 6. The maximum atomic E-state index is 11.1. The monoisotopic (exact) mass is 1090 g/mol. The highest BCUT2D eigenvalue weighted by atomic mass is 32.2. The van der Waals surface area contributed by atoms with E-state index in [2.05, 4.69) is 26.8 Å². The van der Waals surface area contributed by atoms with Crippen LogP contribution in [0.5, 0.6) is 0 Å². The van der Waals surface area contributed by atoms with Gasteiger partial charge in [-0.15, -0.1) is 68.0 Å². The molecule has 0 fully saturated rings. The molecular weight excluding hydrogens is 1050 g/mol. The van der Waals surface area contributed by atoms with Crippen LogP contribution in [0.15, 0.2) is 154 Å². The summed E-state index contributed by atoms with van der Waals surface area (Å²) in [7, 11) is -4.33. The van der Waals surface area contributed by atoms with E-state index in [0.717, 1.165) is 86.2 Å². The van der Waals surface area contributed by atoms with Crippen molar-refractivity contribution in [1.29, 1.82) is 0 Å². The predicted molar refractivity (Wildman–Crippen MR) is 293 cm³/mol. The molecule has 4 aromatic carbocycles. The highest BCUT2D eigenvalue weighted by molar-refractivity contribution is 7.87. The summed E-state index contributed by atoms with van der Waals surface area (Å²) in [6.45, 7) is -0.0447. The minimum absolute atomic E-state index is 0.0171. The lowest BCUT2D eigenvalue weighted by Gasteiger charge is -2.17. The molecule has 6 heterocycles. The van der Waals surface area contributed by atoms with E-state index < -0.39 is 15.2 Å². The Morgan fingerprint density at radius 2 is 1.03 bits per heavy atom. The van der Waals surface area contributed by atoms with Gasteiger partial charge >= 0.3 is 10.3 Å². The van der Waals surface area contributed by atoms with Crippen molar-refractivity contribution >= 4 is 100.0 Å². The molecule has 366 valence electrons. The Kier molecular flexibility index (Phi) is 16.3. The van der Waals surface area contributed by atoms with Crippen molar-refractivity contribution < 1.29 is 28.1 Å². The average Bonchev–Trinajstić information content (AvgIpc) is 4.25. The normalized spacial score (nSPS) is 12.2. The van der Waals surface area contributed by atoms with Crippen LogP contribution >= 0.6 is 68.0 Å². The standard InChI is InChI=1S/C25H22N4O4S4.C25H20N4O3S3/c30-13-17-3-1-4-18(11-17)21-14-36-25(28-21)27-20(22-15-35-24(26-22)23-5-2-10-34-23)12-16-6-8-19(9-7-16)29-37(31,32)33;30-13-17-3-1-4-18(11-17)21-14-35-25(28-21)27-20(12-16-6-8-19(9-7-16)29(31)32)22-15-34-24(26-22)23-5-2-10-33-23/h1-11,14-15,20,29-30H,12-13H2,(H,27,28)(H,31,32,33);1-11,14-15,20,30H,12-13H2,(H,27,28)/t2*20-/m00/s1. The molecule has 10 rings (SSSR count). The second-order valence-corrected chi connectivity index (χ2v) is 22.4. The second kappa shape index (κ2) is 23.3. The van der Waals surface area contributed by atoms with E-state index in [1.165, 1.54) is 34.8 Å². The van der Waals surface area contributed by atoms with Gasteiger partial charge in [-0.05, 0) is 82.3 Å². The third-order valence-electron chi connectivity index (χ3n) is 10.9. The summed E-state index contributed by atoms with van der Waals surface area (Å²) in [6.07, 6.45) is 1.18. The molecule has 0 amide bonds. The van der Waals surface area contributed by atoms with Crippen molar-refractivity contribution in [3.8, 4) is 42.3 Å². The van der Waals surface area contributed by atoms with Gasteiger partial charge in [0.15, 0.2) is 10.3 Å². The first-order chi connectivity index (χ1) is 34.9. The summed E-state index contributed by atoms with van der Waals surface area (Å²) in [5, 5.41) is 52.5. The Hall–Kier alpha value is -6.57. The van der Waals surface area contributed by atoms with E-state index in [9.17, 15) is 28.7 Å². The number of thiazole rings is 4. The van der Waals surface area contributed by atoms with E-state index >= 15 is 0 Å². The molecule has 22 heteroatoms. The molecule has 6 N–H and O–H groups in total. The summed E-state index contributed by atoms with van der Waals surface area (Å²) in [6, 6.07) is 36.6. The Morgan fingerprint density at radius 1 is 0.556 bits per heavy atom. The van der Waals surface area contributed by atoms with Gasteiger partial charge in [-0.2, -0.15) is 8.42 Å². The minimum atomic E-state index is -4.33. The fourth-order valence-corrected chi connectivity index (χ4v) is 12.7. The Morgan fingerprint density at radius 3 is 1.44 bits per heavy atom.